The van der Waals surface area contributed by atoms with Gasteiger partial charge in [-0.1, -0.05) is 0 Å². The maximum atomic E-state index is 12.4. The third-order valence-electron chi connectivity index (χ3n) is 2.99. The maximum absolute atomic E-state index is 12.4. The molecule has 1 amide bonds. The second-order valence-corrected chi connectivity index (χ2v) is 7.71. The Morgan fingerprint density at radius 3 is 2.50 bits per heavy atom. The molecule has 2 N–H and O–H groups in total. The number of hydrogen-bond acceptors (Lipinski definition) is 5. The summed E-state index contributed by atoms with van der Waals surface area (Å²) < 4.78 is 23.2. The molecule has 0 bridgehead atoms. The molecule has 1 aromatic rings. The summed E-state index contributed by atoms with van der Waals surface area (Å²) in [5, 5.41) is 0. The zero-order valence-electron chi connectivity index (χ0n) is 12.1. The predicted molar refractivity (Wildman–Crippen MR) is 83.9 cm³/mol. The number of benzene rings is 1. The van der Waals surface area contributed by atoms with Gasteiger partial charge in [0.1, 0.15) is 0 Å². The molecule has 5 nitrogen and oxygen atoms in total. The maximum Gasteiger partial charge on any atom is 0.253 e. The Balaban J connectivity index is 3.14. The van der Waals surface area contributed by atoms with Crippen molar-refractivity contribution in [2.24, 2.45) is 0 Å². The first-order chi connectivity index (χ1) is 9.16. The van der Waals surface area contributed by atoms with E-state index in [1.54, 1.807) is 23.7 Å². The highest BCUT2D eigenvalue weighted by atomic mass is 32.2. The minimum absolute atomic E-state index is 0.0561. The van der Waals surface area contributed by atoms with Gasteiger partial charge in [0.15, 0.2) is 9.84 Å². The Bertz CT molecular complexity index is 600. The lowest BCUT2D eigenvalue weighted by atomic mass is 10.1. The first-order valence-corrected chi connectivity index (χ1v) is 9.32. The van der Waals surface area contributed by atoms with Crippen LogP contribution in [0.2, 0.25) is 0 Å². The summed E-state index contributed by atoms with van der Waals surface area (Å²) in [5.74, 6) is 0.576. The molecule has 0 aliphatic carbocycles. The number of nitrogen functional groups attached to an aromatic ring is 1. The molecule has 0 aliphatic heterocycles. The zero-order chi connectivity index (χ0) is 15.5. The Morgan fingerprint density at radius 1 is 1.40 bits per heavy atom. The molecule has 0 fully saturated rings. The average Bonchev–Trinajstić information content (AvgIpc) is 2.35. The molecule has 0 spiro atoms. The van der Waals surface area contributed by atoms with Crippen molar-refractivity contribution < 1.29 is 13.2 Å². The van der Waals surface area contributed by atoms with Gasteiger partial charge in [-0.25, -0.2) is 8.42 Å². The van der Waals surface area contributed by atoms with Crippen LogP contribution in [0.4, 0.5) is 5.69 Å². The number of carbonyl (C=O) groups is 1. The number of nitrogens with zero attached hydrogens (tertiary/aromatic N) is 1. The zero-order valence-corrected chi connectivity index (χ0v) is 13.7. The summed E-state index contributed by atoms with van der Waals surface area (Å²) >= 11 is 1.65. The summed E-state index contributed by atoms with van der Waals surface area (Å²) in [5.41, 5.74) is 6.25. The quantitative estimate of drug-likeness (QED) is 0.833. The van der Waals surface area contributed by atoms with Gasteiger partial charge < -0.3 is 10.6 Å². The number of rotatable bonds is 5. The molecular weight excluding hydrogens is 296 g/mol. The highest BCUT2D eigenvalue weighted by molar-refractivity contribution is 7.98. The Morgan fingerprint density at radius 2 is 2.00 bits per heavy atom. The van der Waals surface area contributed by atoms with Gasteiger partial charge in [-0.15, -0.1) is 0 Å². The van der Waals surface area contributed by atoms with Gasteiger partial charge in [0.2, 0.25) is 0 Å². The molecule has 1 atom stereocenters. The highest BCUT2D eigenvalue weighted by Gasteiger charge is 2.19. The van der Waals surface area contributed by atoms with Gasteiger partial charge in [0, 0.05) is 36.3 Å². The number of hydrogen-bond donors (Lipinski definition) is 1. The van der Waals surface area contributed by atoms with Crippen molar-refractivity contribution in [3.8, 4) is 0 Å². The first-order valence-electron chi connectivity index (χ1n) is 6.03. The minimum atomic E-state index is -3.39. The van der Waals surface area contributed by atoms with Crippen molar-refractivity contribution in [3.63, 3.8) is 0 Å². The number of anilines is 1. The largest absolute Gasteiger partial charge is 0.399 e. The van der Waals surface area contributed by atoms with E-state index in [4.69, 9.17) is 5.73 Å². The topological polar surface area (TPSA) is 80.5 Å². The molecule has 1 unspecified atom stereocenters. The van der Waals surface area contributed by atoms with Crippen LogP contribution in [0.1, 0.15) is 17.3 Å². The van der Waals surface area contributed by atoms with Crippen molar-refractivity contribution in [1.82, 2.24) is 4.90 Å². The van der Waals surface area contributed by atoms with Gasteiger partial charge in [0.25, 0.3) is 5.91 Å². The molecule has 0 aliphatic rings. The normalized spacial score (nSPS) is 13.0. The van der Waals surface area contributed by atoms with E-state index in [9.17, 15) is 13.2 Å². The van der Waals surface area contributed by atoms with Crippen LogP contribution in [0.15, 0.2) is 23.1 Å². The highest BCUT2D eigenvalue weighted by Crippen LogP contribution is 2.19. The van der Waals surface area contributed by atoms with Crippen molar-refractivity contribution in [1.29, 1.82) is 0 Å². The second-order valence-electron chi connectivity index (χ2n) is 4.78. The third kappa shape index (κ3) is 4.14. The van der Waals surface area contributed by atoms with Gasteiger partial charge in [-0.3, -0.25) is 4.79 Å². The van der Waals surface area contributed by atoms with Gasteiger partial charge in [-0.05, 0) is 31.4 Å². The van der Waals surface area contributed by atoms with Crippen molar-refractivity contribution >= 4 is 33.2 Å². The van der Waals surface area contributed by atoms with Gasteiger partial charge in [0.05, 0.1) is 4.90 Å². The SMILES string of the molecule is CSCC(C)N(C)C(=O)c1cc(N)cc(S(C)(=O)=O)c1. The molecule has 112 valence electrons. The molecular formula is C13H20N2O3S2. The fourth-order valence-electron chi connectivity index (χ4n) is 1.72. The fourth-order valence-corrected chi connectivity index (χ4v) is 3.11. The molecule has 0 saturated heterocycles. The summed E-state index contributed by atoms with van der Waals surface area (Å²) in [6.07, 6.45) is 3.06. The van der Waals surface area contributed by atoms with Crippen LogP contribution in [-0.2, 0) is 9.84 Å². The van der Waals surface area contributed by atoms with E-state index in [0.29, 0.717) is 5.56 Å². The van der Waals surface area contributed by atoms with E-state index in [1.807, 2.05) is 13.2 Å². The molecule has 0 heterocycles. The summed E-state index contributed by atoms with van der Waals surface area (Å²) in [7, 11) is -1.69. The average molecular weight is 316 g/mol. The van der Waals surface area contributed by atoms with Crippen LogP contribution in [0.3, 0.4) is 0 Å². The molecule has 1 aromatic carbocycles. The Labute approximate surface area is 124 Å². The van der Waals surface area contributed by atoms with Crippen LogP contribution < -0.4 is 5.73 Å². The van der Waals surface area contributed by atoms with Gasteiger partial charge in [-0.2, -0.15) is 11.8 Å². The molecule has 20 heavy (non-hydrogen) atoms. The summed E-state index contributed by atoms with van der Waals surface area (Å²) in [6.45, 7) is 1.94. The summed E-state index contributed by atoms with van der Waals surface area (Å²) in [4.78, 5) is 14.0. The lowest BCUT2D eigenvalue weighted by Crippen LogP contribution is -2.36. The first kappa shape index (κ1) is 16.8. The van der Waals surface area contributed by atoms with E-state index in [2.05, 4.69) is 0 Å². The van der Waals surface area contributed by atoms with E-state index in [1.165, 1.54) is 18.2 Å². The van der Waals surface area contributed by atoms with E-state index in [-0.39, 0.29) is 22.5 Å². The Kier molecular flexibility index (Phi) is 5.47. The second kappa shape index (κ2) is 6.49. The molecule has 0 aromatic heterocycles. The third-order valence-corrected chi connectivity index (χ3v) is 4.90. The standard InChI is InChI=1S/C13H20N2O3S2/c1-9(8-19-3)15(2)13(16)10-5-11(14)7-12(6-10)20(4,17)18/h5-7,9H,8,14H2,1-4H3. The number of nitrogens with two attached hydrogens (primary N) is 1. The van der Waals surface area contributed by atoms with E-state index < -0.39 is 9.84 Å². The lowest BCUT2D eigenvalue weighted by Gasteiger charge is -2.24. The van der Waals surface area contributed by atoms with Crippen molar-refractivity contribution in [3.05, 3.63) is 23.8 Å². The van der Waals surface area contributed by atoms with Crippen molar-refractivity contribution in [2.75, 3.05) is 31.0 Å². The van der Waals surface area contributed by atoms with E-state index in [0.717, 1.165) is 12.0 Å². The van der Waals surface area contributed by atoms with Crippen LogP contribution in [0, 0.1) is 0 Å². The molecule has 1 rings (SSSR count). The number of amides is 1. The van der Waals surface area contributed by atoms with Crippen LogP contribution in [-0.4, -0.2) is 50.6 Å². The van der Waals surface area contributed by atoms with Crippen LogP contribution in [0.5, 0.6) is 0 Å². The smallest absolute Gasteiger partial charge is 0.253 e. The van der Waals surface area contributed by atoms with Crippen molar-refractivity contribution in [2.45, 2.75) is 17.9 Å². The van der Waals surface area contributed by atoms with Gasteiger partial charge >= 0.3 is 0 Å². The van der Waals surface area contributed by atoms with E-state index >= 15 is 0 Å². The number of sulfone groups is 1. The predicted octanol–water partition coefficient (Wildman–Crippen LogP) is 1.50. The number of carbonyl (C=O) groups excluding carboxylic acids is 1. The number of thioether (sulfide) groups is 1. The molecule has 0 radical (unpaired) electrons. The van der Waals surface area contributed by atoms with Crippen LogP contribution in [0.25, 0.3) is 0 Å². The minimum Gasteiger partial charge on any atom is -0.399 e. The summed E-state index contributed by atoms with van der Waals surface area (Å²) in [6, 6.07) is 4.29. The Hall–Kier alpha value is -1.21. The lowest BCUT2D eigenvalue weighted by molar-refractivity contribution is 0.0757. The monoisotopic (exact) mass is 316 g/mol. The molecule has 7 heteroatoms. The fraction of sp³-hybridized carbons (Fsp3) is 0.462. The van der Waals surface area contributed by atoms with Crippen LogP contribution >= 0.6 is 11.8 Å². The molecule has 0 saturated carbocycles.